The van der Waals surface area contributed by atoms with Crippen LogP contribution >= 0.6 is 0 Å². The molecule has 0 radical (unpaired) electrons. The first-order valence-electron chi connectivity index (χ1n) is 3.76. The van der Waals surface area contributed by atoms with Crippen LogP contribution in [-0.4, -0.2) is 22.6 Å². The summed E-state index contributed by atoms with van der Waals surface area (Å²) in [6.45, 7) is 3.20. The Morgan fingerprint density at radius 3 is 3.15 bits per heavy atom. The second kappa shape index (κ2) is 2.82. The zero-order valence-corrected chi connectivity index (χ0v) is 6.82. The Morgan fingerprint density at radius 1 is 1.54 bits per heavy atom. The quantitative estimate of drug-likeness (QED) is 0.662. The van der Waals surface area contributed by atoms with Crippen molar-refractivity contribution in [2.24, 2.45) is 4.99 Å². The van der Waals surface area contributed by atoms with E-state index in [4.69, 9.17) is 0 Å². The van der Waals surface area contributed by atoms with Crippen molar-refractivity contribution >= 4 is 23.7 Å². The molecule has 0 aliphatic carbocycles. The average Bonchev–Trinajstić information content (AvgIpc) is 2.63. The Morgan fingerprint density at radius 2 is 2.38 bits per heavy atom. The summed E-state index contributed by atoms with van der Waals surface area (Å²) in [6, 6.07) is 3.42. The smallest absolute Gasteiger partial charge is 0.277 e. The van der Waals surface area contributed by atoms with Crippen LogP contribution in [0, 0.1) is 0 Å². The number of fused-ring (bicyclic) bond motifs is 1. The van der Waals surface area contributed by atoms with Crippen LogP contribution in [0.25, 0.3) is 11.0 Å². The third kappa shape index (κ3) is 1.12. The standard InChI is InChI=1S/C9H7N3O/c1-10-9(13)7-3-5-12-8-6(7)2-4-11-8/h2-5H,1H2,(H,11,12). The van der Waals surface area contributed by atoms with Crippen LogP contribution in [0.4, 0.5) is 0 Å². The normalized spacial score (nSPS) is 10.2. The number of hydrogen-bond acceptors (Lipinski definition) is 2. The molecule has 0 spiro atoms. The third-order valence-corrected chi connectivity index (χ3v) is 1.83. The van der Waals surface area contributed by atoms with Gasteiger partial charge in [-0.3, -0.25) is 4.79 Å². The fraction of sp³-hybridized carbons (Fsp3) is 0. The number of amides is 1. The van der Waals surface area contributed by atoms with Crippen molar-refractivity contribution in [1.82, 2.24) is 9.97 Å². The SMILES string of the molecule is C=NC(=O)c1ccnc2[nH]ccc12. The third-order valence-electron chi connectivity index (χ3n) is 1.83. The van der Waals surface area contributed by atoms with Crippen molar-refractivity contribution in [2.75, 3.05) is 0 Å². The van der Waals surface area contributed by atoms with E-state index in [1.54, 1.807) is 24.5 Å². The van der Waals surface area contributed by atoms with Gasteiger partial charge in [-0.05, 0) is 18.9 Å². The second-order valence-electron chi connectivity index (χ2n) is 2.56. The molecule has 0 bridgehead atoms. The lowest BCUT2D eigenvalue weighted by Crippen LogP contribution is -1.94. The number of H-pyrrole nitrogens is 1. The minimum atomic E-state index is -0.327. The lowest BCUT2D eigenvalue weighted by Gasteiger charge is -1.95. The maximum Gasteiger partial charge on any atom is 0.277 e. The van der Waals surface area contributed by atoms with E-state index >= 15 is 0 Å². The molecule has 4 heteroatoms. The van der Waals surface area contributed by atoms with Gasteiger partial charge in [0.05, 0.1) is 5.56 Å². The molecule has 0 saturated heterocycles. The summed E-state index contributed by atoms with van der Waals surface area (Å²) in [5, 5.41) is 0.778. The molecule has 4 nitrogen and oxygen atoms in total. The second-order valence-corrected chi connectivity index (χ2v) is 2.56. The minimum absolute atomic E-state index is 0.327. The number of pyridine rings is 1. The number of carbonyl (C=O) groups is 1. The zero-order valence-electron chi connectivity index (χ0n) is 6.82. The summed E-state index contributed by atoms with van der Waals surface area (Å²) in [4.78, 5) is 21.6. The lowest BCUT2D eigenvalue weighted by molar-refractivity contribution is 0.101. The Kier molecular flexibility index (Phi) is 1.66. The summed E-state index contributed by atoms with van der Waals surface area (Å²) in [6.07, 6.45) is 3.30. The molecule has 0 atom stereocenters. The lowest BCUT2D eigenvalue weighted by atomic mass is 10.2. The van der Waals surface area contributed by atoms with Gasteiger partial charge < -0.3 is 4.98 Å². The highest BCUT2D eigenvalue weighted by Gasteiger charge is 2.08. The van der Waals surface area contributed by atoms with Gasteiger partial charge in [-0.2, -0.15) is 0 Å². The molecule has 2 aromatic heterocycles. The van der Waals surface area contributed by atoms with Gasteiger partial charge in [-0.15, -0.1) is 0 Å². The van der Waals surface area contributed by atoms with Crippen LogP contribution in [0.5, 0.6) is 0 Å². The number of aromatic amines is 1. The van der Waals surface area contributed by atoms with E-state index in [1.807, 2.05) is 0 Å². The van der Waals surface area contributed by atoms with E-state index in [1.165, 1.54) is 0 Å². The van der Waals surface area contributed by atoms with Gasteiger partial charge in [0, 0.05) is 17.8 Å². The van der Waals surface area contributed by atoms with Gasteiger partial charge >= 0.3 is 0 Å². The highest BCUT2D eigenvalue weighted by molar-refractivity contribution is 6.07. The molecule has 0 aliphatic rings. The maximum absolute atomic E-state index is 11.3. The molecule has 0 unspecified atom stereocenters. The molecule has 0 fully saturated rings. The highest BCUT2D eigenvalue weighted by atomic mass is 16.1. The Bertz CT molecular complexity index is 472. The molecule has 0 aliphatic heterocycles. The number of nitrogens with zero attached hydrogens (tertiary/aromatic N) is 2. The van der Waals surface area contributed by atoms with Crippen molar-refractivity contribution in [2.45, 2.75) is 0 Å². The Labute approximate surface area is 74.3 Å². The summed E-state index contributed by atoms with van der Waals surface area (Å²) in [7, 11) is 0. The van der Waals surface area contributed by atoms with Crippen LogP contribution < -0.4 is 0 Å². The molecule has 64 valence electrons. The van der Waals surface area contributed by atoms with Crippen molar-refractivity contribution in [1.29, 1.82) is 0 Å². The van der Waals surface area contributed by atoms with Crippen molar-refractivity contribution < 1.29 is 4.79 Å². The van der Waals surface area contributed by atoms with Gasteiger partial charge in [0.1, 0.15) is 5.65 Å². The number of rotatable bonds is 1. The van der Waals surface area contributed by atoms with Crippen molar-refractivity contribution in [3.8, 4) is 0 Å². The number of nitrogens with one attached hydrogen (secondary N) is 1. The summed E-state index contributed by atoms with van der Waals surface area (Å²) in [5.74, 6) is -0.327. The van der Waals surface area contributed by atoms with E-state index in [0.717, 1.165) is 5.39 Å². The zero-order chi connectivity index (χ0) is 9.26. The van der Waals surface area contributed by atoms with E-state index in [2.05, 4.69) is 21.7 Å². The Hall–Kier alpha value is -1.97. The molecule has 0 saturated carbocycles. The maximum atomic E-state index is 11.3. The van der Waals surface area contributed by atoms with E-state index in [0.29, 0.717) is 11.2 Å². The highest BCUT2D eigenvalue weighted by Crippen LogP contribution is 2.15. The van der Waals surface area contributed by atoms with E-state index in [-0.39, 0.29) is 5.91 Å². The molecule has 2 rings (SSSR count). The predicted molar refractivity (Wildman–Crippen MR) is 50.0 cm³/mol. The summed E-state index contributed by atoms with van der Waals surface area (Å²) >= 11 is 0. The predicted octanol–water partition coefficient (Wildman–Crippen LogP) is 1.40. The topological polar surface area (TPSA) is 58.1 Å². The first-order valence-corrected chi connectivity index (χ1v) is 3.76. The van der Waals surface area contributed by atoms with Gasteiger partial charge in [-0.1, -0.05) is 0 Å². The first-order chi connectivity index (χ1) is 6.33. The molecular formula is C9H7N3O. The molecular weight excluding hydrogens is 166 g/mol. The minimum Gasteiger partial charge on any atom is -0.346 e. The monoisotopic (exact) mass is 173 g/mol. The van der Waals surface area contributed by atoms with Gasteiger partial charge in [0.15, 0.2) is 0 Å². The summed E-state index contributed by atoms with van der Waals surface area (Å²) in [5.41, 5.74) is 1.22. The number of carbonyl (C=O) groups excluding carboxylic acids is 1. The van der Waals surface area contributed by atoms with Crippen LogP contribution in [0.2, 0.25) is 0 Å². The van der Waals surface area contributed by atoms with Crippen LogP contribution in [0.1, 0.15) is 10.4 Å². The van der Waals surface area contributed by atoms with Crippen LogP contribution in [-0.2, 0) is 0 Å². The summed E-state index contributed by atoms with van der Waals surface area (Å²) < 4.78 is 0. The number of aromatic nitrogens is 2. The number of hydrogen-bond donors (Lipinski definition) is 1. The van der Waals surface area contributed by atoms with Gasteiger partial charge in [0.25, 0.3) is 5.91 Å². The Balaban J connectivity index is 2.74. The van der Waals surface area contributed by atoms with E-state index in [9.17, 15) is 4.79 Å². The largest absolute Gasteiger partial charge is 0.346 e. The average molecular weight is 173 g/mol. The molecule has 2 heterocycles. The molecule has 13 heavy (non-hydrogen) atoms. The fourth-order valence-corrected chi connectivity index (χ4v) is 1.23. The number of aliphatic imine (C=N–C) groups is 1. The van der Waals surface area contributed by atoms with Gasteiger partial charge in [0.2, 0.25) is 0 Å². The van der Waals surface area contributed by atoms with Crippen molar-refractivity contribution in [3.63, 3.8) is 0 Å². The molecule has 2 aromatic rings. The van der Waals surface area contributed by atoms with Crippen LogP contribution in [0.15, 0.2) is 29.5 Å². The molecule has 0 aromatic carbocycles. The van der Waals surface area contributed by atoms with Crippen molar-refractivity contribution in [3.05, 3.63) is 30.1 Å². The molecule has 1 N–H and O–H groups in total. The van der Waals surface area contributed by atoms with Gasteiger partial charge in [-0.25, -0.2) is 9.98 Å². The molecule has 1 amide bonds. The van der Waals surface area contributed by atoms with E-state index < -0.39 is 0 Å². The van der Waals surface area contributed by atoms with Crippen LogP contribution in [0.3, 0.4) is 0 Å². The first kappa shape index (κ1) is 7.67. The fourth-order valence-electron chi connectivity index (χ4n) is 1.23.